The Balaban J connectivity index is 1.88. The van der Waals surface area contributed by atoms with E-state index in [-0.39, 0.29) is 18.2 Å². The molecule has 0 radical (unpaired) electrons. The van der Waals surface area contributed by atoms with E-state index in [0.29, 0.717) is 16.4 Å². The molecule has 2 heterocycles. The van der Waals surface area contributed by atoms with Gasteiger partial charge < -0.3 is 10.6 Å². The minimum absolute atomic E-state index is 0.0919. The van der Waals surface area contributed by atoms with Gasteiger partial charge in [0.2, 0.25) is 5.91 Å². The molecule has 3 N–H and O–H groups in total. The van der Waals surface area contributed by atoms with Crippen LogP contribution in [0.5, 0.6) is 0 Å². The molecule has 0 aliphatic carbocycles. The van der Waals surface area contributed by atoms with Crippen molar-refractivity contribution in [3.8, 4) is 0 Å². The van der Waals surface area contributed by atoms with E-state index in [0.717, 1.165) is 5.56 Å². The monoisotopic (exact) mass is 278 g/mol. The lowest BCUT2D eigenvalue weighted by Gasteiger charge is -2.07. The zero-order valence-electron chi connectivity index (χ0n) is 9.40. The fourth-order valence-electron chi connectivity index (χ4n) is 1.78. The molecule has 3 rings (SSSR count). The number of H-pyrrole nitrogens is 1. The minimum Gasteiger partial charge on any atom is -0.325 e. The number of rotatable bonds is 2. The van der Waals surface area contributed by atoms with Crippen LogP contribution in [0.25, 0.3) is 0 Å². The third-order valence-corrected chi connectivity index (χ3v) is 2.93. The summed E-state index contributed by atoms with van der Waals surface area (Å²) in [4.78, 5) is 23.0. The maximum absolute atomic E-state index is 11.8. The molecule has 0 spiro atoms. The Bertz CT molecular complexity index is 669. The van der Waals surface area contributed by atoms with Gasteiger partial charge in [-0.05, 0) is 22.9 Å². The van der Waals surface area contributed by atoms with Crippen LogP contribution < -0.4 is 10.6 Å². The molecule has 8 nitrogen and oxygen atoms in total. The second-order valence-corrected chi connectivity index (χ2v) is 4.31. The molecule has 0 bridgehead atoms. The molecule has 1 aromatic heterocycles. The van der Waals surface area contributed by atoms with Crippen LogP contribution in [0, 0.1) is 0 Å². The predicted octanol–water partition coefficient (Wildman–Crippen LogP) is 0.600. The summed E-state index contributed by atoms with van der Waals surface area (Å²) in [7, 11) is 0. The van der Waals surface area contributed by atoms with Gasteiger partial charge in [-0.1, -0.05) is 11.6 Å². The smallest absolute Gasteiger partial charge is 0.297 e. The van der Waals surface area contributed by atoms with E-state index in [1.165, 1.54) is 0 Å². The third-order valence-electron chi connectivity index (χ3n) is 2.61. The third kappa shape index (κ3) is 2.13. The van der Waals surface area contributed by atoms with Crippen molar-refractivity contribution in [2.24, 2.45) is 0 Å². The van der Waals surface area contributed by atoms with E-state index < -0.39 is 5.91 Å². The van der Waals surface area contributed by atoms with Crippen LogP contribution in [0.3, 0.4) is 0 Å². The normalized spacial score (nSPS) is 13.0. The highest BCUT2D eigenvalue weighted by molar-refractivity contribution is 6.34. The van der Waals surface area contributed by atoms with Crippen molar-refractivity contribution in [3.05, 3.63) is 28.5 Å². The standard InChI is InChI=1S/C10H7ClN6O2/c11-5-3-6-4(2-8(18)12-6)1-7(5)13-10(19)9-14-16-17-15-9/h1,3H,2H2,(H,12,18)(H,13,19)(H,14,15,16,17). The molecule has 0 unspecified atom stereocenters. The van der Waals surface area contributed by atoms with Crippen molar-refractivity contribution in [2.45, 2.75) is 6.42 Å². The molecule has 96 valence electrons. The van der Waals surface area contributed by atoms with Crippen molar-refractivity contribution in [3.63, 3.8) is 0 Å². The number of hydrogen-bond donors (Lipinski definition) is 3. The first-order chi connectivity index (χ1) is 9.13. The number of carbonyl (C=O) groups excluding carboxylic acids is 2. The largest absolute Gasteiger partial charge is 0.325 e. The Labute approximate surface area is 111 Å². The first-order valence-electron chi connectivity index (χ1n) is 5.30. The Morgan fingerprint density at radius 1 is 1.42 bits per heavy atom. The lowest BCUT2D eigenvalue weighted by Crippen LogP contribution is -2.14. The number of hydrogen-bond acceptors (Lipinski definition) is 5. The summed E-state index contributed by atoms with van der Waals surface area (Å²) in [5, 5.41) is 18.1. The van der Waals surface area contributed by atoms with E-state index in [4.69, 9.17) is 11.6 Å². The van der Waals surface area contributed by atoms with E-state index in [1.54, 1.807) is 12.1 Å². The van der Waals surface area contributed by atoms with Crippen molar-refractivity contribution < 1.29 is 9.59 Å². The van der Waals surface area contributed by atoms with Gasteiger partial charge in [0.15, 0.2) is 0 Å². The number of nitrogens with one attached hydrogen (secondary N) is 3. The highest BCUT2D eigenvalue weighted by Crippen LogP contribution is 2.32. The molecular formula is C10H7ClN6O2. The molecule has 19 heavy (non-hydrogen) atoms. The van der Waals surface area contributed by atoms with Crippen molar-refractivity contribution in [2.75, 3.05) is 10.6 Å². The average molecular weight is 279 g/mol. The van der Waals surface area contributed by atoms with Gasteiger partial charge in [-0.2, -0.15) is 5.21 Å². The van der Waals surface area contributed by atoms with Crippen LogP contribution in [0.2, 0.25) is 5.02 Å². The predicted molar refractivity (Wildman–Crippen MR) is 65.9 cm³/mol. The molecule has 1 aliphatic heterocycles. The van der Waals surface area contributed by atoms with Gasteiger partial charge in [-0.25, -0.2) is 0 Å². The number of amides is 2. The Morgan fingerprint density at radius 3 is 3.00 bits per heavy atom. The molecule has 1 aliphatic rings. The highest BCUT2D eigenvalue weighted by Gasteiger charge is 2.21. The summed E-state index contributed by atoms with van der Waals surface area (Å²) in [6.07, 6.45) is 0.261. The van der Waals surface area contributed by atoms with Gasteiger partial charge in [0, 0.05) is 5.69 Å². The second kappa shape index (κ2) is 4.32. The summed E-state index contributed by atoms with van der Waals surface area (Å²) in [6.45, 7) is 0. The van der Waals surface area contributed by atoms with E-state index in [2.05, 4.69) is 31.3 Å². The molecule has 0 saturated heterocycles. The molecule has 0 fully saturated rings. The van der Waals surface area contributed by atoms with Crippen molar-refractivity contribution in [1.29, 1.82) is 0 Å². The van der Waals surface area contributed by atoms with Crippen LogP contribution >= 0.6 is 11.6 Å². The maximum Gasteiger partial charge on any atom is 0.297 e. The van der Waals surface area contributed by atoms with E-state index in [9.17, 15) is 9.59 Å². The second-order valence-electron chi connectivity index (χ2n) is 3.90. The molecule has 2 aromatic rings. The van der Waals surface area contributed by atoms with Crippen LogP contribution in [-0.2, 0) is 11.2 Å². The molecule has 0 saturated carbocycles. The number of fused-ring (bicyclic) bond motifs is 1. The van der Waals surface area contributed by atoms with Crippen LogP contribution in [0.1, 0.15) is 16.2 Å². The summed E-state index contributed by atoms with van der Waals surface area (Å²) in [6, 6.07) is 3.24. The lowest BCUT2D eigenvalue weighted by atomic mass is 10.1. The van der Waals surface area contributed by atoms with Gasteiger partial charge in [0.25, 0.3) is 11.7 Å². The number of aromatic amines is 1. The average Bonchev–Trinajstić information content (AvgIpc) is 2.97. The molecule has 0 atom stereocenters. The van der Waals surface area contributed by atoms with Crippen LogP contribution in [-0.4, -0.2) is 32.4 Å². The summed E-state index contributed by atoms with van der Waals surface area (Å²) in [5.41, 5.74) is 1.83. The Kier molecular flexibility index (Phi) is 2.64. The molecule has 9 heteroatoms. The van der Waals surface area contributed by atoms with Crippen molar-refractivity contribution >= 4 is 34.8 Å². The zero-order chi connectivity index (χ0) is 13.4. The molecule has 1 aromatic carbocycles. The maximum atomic E-state index is 11.8. The van der Waals surface area contributed by atoms with E-state index in [1.807, 2.05) is 0 Å². The Hall–Kier alpha value is -2.48. The van der Waals surface area contributed by atoms with Gasteiger partial charge in [0.1, 0.15) is 0 Å². The lowest BCUT2D eigenvalue weighted by molar-refractivity contribution is -0.115. The number of nitrogens with zero attached hydrogens (tertiary/aromatic N) is 3. The number of tetrazole rings is 1. The van der Waals surface area contributed by atoms with Gasteiger partial charge in [-0.3, -0.25) is 9.59 Å². The van der Waals surface area contributed by atoms with Crippen LogP contribution in [0.4, 0.5) is 11.4 Å². The minimum atomic E-state index is -0.534. The van der Waals surface area contributed by atoms with Gasteiger partial charge >= 0.3 is 0 Å². The Morgan fingerprint density at radius 2 is 2.26 bits per heavy atom. The zero-order valence-corrected chi connectivity index (χ0v) is 10.2. The molecule has 2 amide bonds. The number of aromatic nitrogens is 4. The highest BCUT2D eigenvalue weighted by atomic mass is 35.5. The number of anilines is 2. The fraction of sp³-hybridized carbons (Fsp3) is 0.100. The fourth-order valence-corrected chi connectivity index (χ4v) is 1.99. The quantitative estimate of drug-likeness (QED) is 0.744. The summed E-state index contributed by atoms with van der Waals surface area (Å²) < 4.78 is 0. The molecular weight excluding hydrogens is 272 g/mol. The number of halogens is 1. The van der Waals surface area contributed by atoms with Crippen molar-refractivity contribution in [1.82, 2.24) is 20.6 Å². The topological polar surface area (TPSA) is 113 Å². The van der Waals surface area contributed by atoms with Gasteiger partial charge in [0.05, 0.1) is 17.1 Å². The SMILES string of the molecule is O=C1Cc2cc(NC(=O)c3nn[nH]n3)c(Cl)cc2N1. The first-order valence-corrected chi connectivity index (χ1v) is 5.68. The first kappa shape index (κ1) is 11.6. The summed E-state index contributed by atoms with van der Waals surface area (Å²) in [5.74, 6) is -0.730. The van der Waals surface area contributed by atoms with Gasteiger partial charge in [-0.15, -0.1) is 10.2 Å². The van der Waals surface area contributed by atoms with E-state index >= 15 is 0 Å². The van der Waals surface area contributed by atoms with Crippen LogP contribution in [0.15, 0.2) is 12.1 Å². The summed E-state index contributed by atoms with van der Waals surface area (Å²) >= 11 is 6.03. The number of carbonyl (C=O) groups is 2. The number of benzene rings is 1.